The molecule has 7 nitrogen and oxygen atoms in total. The molecule has 0 saturated carbocycles. The van der Waals surface area contributed by atoms with E-state index in [1.165, 1.54) is 0 Å². The van der Waals surface area contributed by atoms with Crippen LogP contribution in [0, 0.1) is 0 Å². The third-order valence-electron chi connectivity index (χ3n) is 4.00. The number of nitrogens with one attached hydrogen (secondary N) is 1. The van der Waals surface area contributed by atoms with Gasteiger partial charge in [-0.05, 0) is 42.0 Å². The van der Waals surface area contributed by atoms with E-state index in [1.54, 1.807) is 55.8 Å². The molecule has 0 saturated heterocycles. The van der Waals surface area contributed by atoms with Gasteiger partial charge in [0.15, 0.2) is 0 Å². The van der Waals surface area contributed by atoms with Crippen molar-refractivity contribution in [3.63, 3.8) is 0 Å². The summed E-state index contributed by atoms with van der Waals surface area (Å²) in [5.41, 5.74) is 7.32. The maximum Gasteiger partial charge on any atom is 0.342 e. The standard InChI is InChI=1S/C21H19N3O4/c1-27-18-7-3-2-6-17(18)24-20-16(5-4-12-23-20)21(26)28-13-14-8-10-15(11-9-14)19(22)25/h2-12H,13H2,1H3,(H2,22,25)(H,23,24). The molecule has 0 unspecified atom stereocenters. The minimum Gasteiger partial charge on any atom is -0.495 e. The number of benzene rings is 2. The quantitative estimate of drug-likeness (QED) is 0.613. The van der Waals surface area contributed by atoms with Crippen molar-refractivity contribution in [3.05, 3.63) is 83.6 Å². The minimum atomic E-state index is -0.524. The maximum atomic E-state index is 12.6. The van der Waals surface area contributed by atoms with Gasteiger partial charge in [-0.3, -0.25) is 4.79 Å². The number of para-hydroxylation sites is 2. The SMILES string of the molecule is COc1ccccc1Nc1ncccc1C(=O)OCc1ccc(C(N)=O)cc1. The monoisotopic (exact) mass is 377 g/mol. The first-order chi connectivity index (χ1) is 13.6. The summed E-state index contributed by atoms with van der Waals surface area (Å²) in [5, 5.41) is 3.10. The number of methoxy groups -OCH3 is 1. The highest BCUT2D eigenvalue weighted by Crippen LogP contribution is 2.27. The van der Waals surface area contributed by atoms with Crippen molar-refractivity contribution in [2.75, 3.05) is 12.4 Å². The molecule has 3 aromatic rings. The van der Waals surface area contributed by atoms with Crippen LogP contribution >= 0.6 is 0 Å². The molecule has 142 valence electrons. The van der Waals surface area contributed by atoms with Gasteiger partial charge >= 0.3 is 5.97 Å². The smallest absolute Gasteiger partial charge is 0.342 e. The molecule has 1 aromatic heterocycles. The molecule has 0 fully saturated rings. The van der Waals surface area contributed by atoms with E-state index >= 15 is 0 Å². The summed E-state index contributed by atoms with van der Waals surface area (Å²) in [6.45, 7) is 0.0564. The van der Waals surface area contributed by atoms with Crippen LogP contribution in [0.2, 0.25) is 0 Å². The second-order valence-corrected chi connectivity index (χ2v) is 5.86. The number of hydrogen-bond donors (Lipinski definition) is 2. The lowest BCUT2D eigenvalue weighted by atomic mass is 10.1. The number of carbonyl (C=O) groups is 2. The first-order valence-electron chi connectivity index (χ1n) is 8.49. The fourth-order valence-corrected chi connectivity index (χ4v) is 2.54. The van der Waals surface area contributed by atoms with Crippen LogP contribution in [0.1, 0.15) is 26.3 Å². The number of amides is 1. The van der Waals surface area contributed by atoms with E-state index in [-0.39, 0.29) is 6.61 Å². The minimum absolute atomic E-state index is 0.0564. The highest BCUT2D eigenvalue weighted by molar-refractivity contribution is 5.95. The predicted molar refractivity (Wildman–Crippen MR) is 105 cm³/mol. The van der Waals surface area contributed by atoms with Gasteiger partial charge in [0.25, 0.3) is 0 Å². The first kappa shape index (κ1) is 18.9. The van der Waals surface area contributed by atoms with Crippen molar-refractivity contribution in [3.8, 4) is 5.75 Å². The van der Waals surface area contributed by atoms with Gasteiger partial charge in [0.05, 0.1) is 12.8 Å². The summed E-state index contributed by atoms with van der Waals surface area (Å²) in [5.74, 6) is -0.0430. The van der Waals surface area contributed by atoms with Crippen molar-refractivity contribution in [1.82, 2.24) is 4.98 Å². The summed E-state index contributed by atoms with van der Waals surface area (Å²) < 4.78 is 10.7. The highest BCUT2D eigenvalue weighted by atomic mass is 16.5. The van der Waals surface area contributed by atoms with Crippen LogP contribution in [0.4, 0.5) is 11.5 Å². The number of nitrogens with zero attached hydrogens (tertiary/aromatic N) is 1. The summed E-state index contributed by atoms with van der Waals surface area (Å²) in [4.78, 5) is 27.9. The Morgan fingerprint density at radius 1 is 1.04 bits per heavy atom. The Bertz CT molecular complexity index is 987. The Hall–Kier alpha value is -3.87. The van der Waals surface area contributed by atoms with Crippen molar-refractivity contribution in [1.29, 1.82) is 0 Å². The first-order valence-corrected chi connectivity index (χ1v) is 8.49. The molecule has 0 aliphatic rings. The number of primary amides is 1. The third kappa shape index (κ3) is 4.45. The maximum absolute atomic E-state index is 12.6. The lowest BCUT2D eigenvalue weighted by Gasteiger charge is -2.13. The average Bonchev–Trinajstić information content (AvgIpc) is 2.73. The topological polar surface area (TPSA) is 104 Å². The molecule has 2 aromatic carbocycles. The van der Waals surface area contributed by atoms with Gasteiger partial charge in [-0.15, -0.1) is 0 Å². The van der Waals surface area contributed by atoms with Crippen molar-refractivity contribution in [2.45, 2.75) is 6.61 Å². The van der Waals surface area contributed by atoms with E-state index < -0.39 is 11.9 Å². The van der Waals surface area contributed by atoms with E-state index in [2.05, 4.69) is 10.3 Å². The van der Waals surface area contributed by atoms with E-state index in [9.17, 15) is 9.59 Å². The number of nitrogens with two attached hydrogens (primary N) is 1. The lowest BCUT2D eigenvalue weighted by molar-refractivity contribution is 0.0473. The van der Waals surface area contributed by atoms with E-state index in [4.69, 9.17) is 15.2 Å². The number of pyridine rings is 1. The molecule has 0 atom stereocenters. The van der Waals surface area contributed by atoms with Crippen LogP contribution in [-0.2, 0) is 11.3 Å². The molecule has 0 spiro atoms. The van der Waals surface area contributed by atoms with E-state index in [0.717, 1.165) is 5.56 Å². The molecule has 28 heavy (non-hydrogen) atoms. The molecular weight excluding hydrogens is 358 g/mol. The normalized spacial score (nSPS) is 10.2. The molecule has 1 heterocycles. The second kappa shape index (κ2) is 8.68. The zero-order valence-electron chi connectivity index (χ0n) is 15.2. The molecular formula is C21H19N3O4. The van der Waals surface area contributed by atoms with Crippen LogP contribution in [0.15, 0.2) is 66.9 Å². The Morgan fingerprint density at radius 3 is 2.50 bits per heavy atom. The van der Waals surface area contributed by atoms with Gasteiger partial charge in [0, 0.05) is 11.8 Å². The number of anilines is 2. The average molecular weight is 377 g/mol. The summed E-state index contributed by atoms with van der Waals surface area (Å²) in [6, 6.07) is 17.2. The third-order valence-corrected chi connectivity index (χ3v) is 4.00. The number of esters is 1. The molecule has 7 heteroatoms. The van der Waals surface area contributed by atoms with E-state index in [0.29, 0.717) is 28.4 Å². The highest BCUT2D eigenvalue weighted by Gasteiger charge is 2.15. The predicted octanol–water partition coefficient (Wildman–Crippen LogP) is 3.29. The number of rotatable bonds is 7. The lowest BCUT2D eigenvalue weighted by Crippen LogP contribution is -2.11. The molecule has 3 rings (SSSR count). The fourth-order valence-electron chi connectivity index (χ4n) is 2.54. The summed E-state index contributed by atoms with van der Waals surface area (Å²) >= 11 is 0. The van der Waals surface area contributed by atoms with Gasteiger partial charge in [-0.2, -0.15) is 0 Å². The van der Waals surface area contributed by atoms with Gasteiger partial charge in [-0.1, -0.05) is 24.3 Å². The fraction of sp³-hybridized carbons (Fsp3) is 0.0952. The van der Waals surface area contributed by atoms with Crippen LogP contribution < -0.4 is 15.8 Å². The number of carbonyl (C=O) groups excluding carboxylic acids is 2. The number of aromatic nitrogens is 1. The molecule has 3 N–H and O–H groups in total. The van der Waals surface area contributed by atoms with Gasteiger partial charge < -0.3 is 20.5 Å². The second-order valence-electron chi connectivity index (χ2n) is 5.86. The van der Waals surface area contributed by atoms with Crippen LogP contribution in [0.3, 0.4) is 0 Å². The Balaban J connectivity index is 1.73. The van der Waals surface area contributed by atoms with Crippen molar-refractivity contribution < 1.29 is 19.1 Å². The van der Waals surface area contributed by atoms with Gasteiger partial charge in [0.1, 0.15) is 23.7 Å². The van der Waals surface area contributed by atoms with Crippen LogP contribution in [0.5, 0.6) is 5.75 Å². The largest absolute Gasteiger partial charge is 0.495 e. The van der Waals surface area contributed by atoms with Crippen LogP contribution in [-0.4, -0.2) is 24.0 Å². The zero-order chi connectivity index (χ0) is 19.9. The summed E-state index contributed by atoms with van der Waals surface area (Å²) in [6.07, 6.45) is 1.58. The summed E-state index contributed by atoms with van der Waals surface area (Å²) in [7, 11) is 1.57. The molecule has 1 amide bonds. The van der Waals surface area contributed by atoms with Crippen LogP contribution in [0.25, 0.3) is 0 Å². The van der Waals surface area contributed by atoms with E-state index in [1.807, 2.05) is 18.2 Å². The zero-order valence-corrected chi connectivity index (χ0v) is 15.2. The van der Waals surface area contributed by atoms with Gasteiger partial charge in [0.2, 0.25) is 5.91 Å². The molecule has 0 radical (unpaired) electrons. The molecule has 0 bridgehead atoms. The number of hydrogen-bond acceptors (Lipinski definition) is 6. The Morgan fingerprint density at radius 2 is 1.79 bits per heavy atom. The van der Waals surface area contributed by atoms with Gasteiger partial charge in [-0.25, -0.2) is 9.78 Å². The Labute approximate surface area is 162 Å². The van der Waals surface area contributed by atoms with Crippen molar-refractivity contribution in [2.24, 2.45) is 5.73 Å². The Kier molecular flexibility index (Phi) is 5.86. The molecule has 0 aliphatic heterocycles. The number of ether oxygens (including phenoxy) is 2. The van der Waals surface area contributed by atoms with Crippen molar-refractivity contribution >= 4 is 23.4 Å². The molecule has 0 aliphatic carbocycles.